The monoisotopic (exact) mass is 128 g/mol. The van der Waals surface area contributed by atoms with Crippen LogP contribution in [0.4, 0.5) is 0 Å². The molecule has 3 atom stereocenters. The van der Waals surface area contributed by atoms with Crippen molar-refractivity contribution >= 4 is 0 Å². The van der Waals surface area contributed by atoms with E-state index in [0.29, 0.717) is 18.0 Å². The van der Waals surface area contributed by atoms with Gasteiger partial charge in [0, 0.05) is 12.1 Å². The van der Waals surface area contributed by atoms with Crippen LogP contribution in [0, 0.1) is 5.92 Å². The van der Waals surface area contributed by atoms with Gasteiger partial charge in [0.25, 0.3) is 0 Å². The zero-order valence-electron chi connectivity index (χ0n) is 6.22. The molecule has 1 aliphatic heterocycles. The summed E-state index contributed by atoms with van der Waals surface area (Å²) in [7, 11) is 0. The van der Waals surface area contributed by atoms with E-state index >= 15 is 0 Å². The molecule has 3 N–H and O–H groups in total. The molecule has 2 nitrogen and oxygen atoms in total. The Morgan fingerprint density at radius 2 is 2.33 bits per heavy atom. The number of nitrogens with one attached hydrogen (secondary N) is 1. The minimum atomic E-state index is 0.384. The van der Waals surface area contributed by atoms with E-state index < -0.39 is 0 Å². The average molecular weight is 128 g/mol. The van der Waals surface area contributed by atoms with E-state index in [1.165, 1.54) is 6.42 Å². The number of hydrogen-bond donors (Lipinski definition) is 2. The molecule has 1 aliphatic rings. The molecule has 0 amide bonds. The third kappa shape index (κ3) is 1.25. The molecule has 54 valence electrons. The maximum Gasteiger partial charge on any atom is 0.0232 e. The lowest BCUT2D eigenvalue weighted by atomic mass is 9.98. The standard InChI is InChI=1S/C7H16N2/c1-3-6-4-9-5(2)7(6)8/h5-7,9H,3-4,8H2,1-2H3/t5?,6?,7-/m0/s1. The van der Waals surface area contributed by atoms with Crippen molar-refractivity contribution in [2.24, 2.45) is 11.7 Å². The Labute approximate surface area is 56.8 Å². The van der Waals surface area contributed by atoms with E-state index in [-0.39, 0.29) is 0 Å². The fraction of sp³-hybridized carbons (Fsp3) is 1.00. The second-order valence-electron chi connectivity index (χ2n) is 2.94. The van der Waals surface area contributed by atoms with Crippen LogP contribution >= 0.6 is 0 Å². The minimum absolute atomic E-state index is 0.384. The molecule has 1 heterocycles. The lowest BCUT2D eigenvalue weighted by Crippen LogP contribution is -2.36. The molecule has 1 fully saturated rings. The second-order valence-corrected chi connectivity index (χ2v) is 2.94. The SMILES string of the molecule is CCC1CNC(C)[C@@H]1N. The van der Waals surface area contributed by atoms with Crippen LogP contribution in [0.2, 0.25) is 0 Å². The van der Waals surface area contributed by atoms with E-state index in [9.17, 15) is 0 Å². The zero-order valence-corrected chi connectivity index (χ0v) is 6.22. The molecule has 0 spiro atoms. The number of hydrogen-bond acceptors (Lipinski definition) is 2. The molecule has 0 aromatic heterocycles. The lowest BCUT2D eigenvalue weighted by molar-refractivity contribution is 0.468. The van der Waals surface area contributed by atoms with Gasteiger partial charge in [0.2, 0.25) is 0 Å². The van der Waals surface area contributed by atoms with Crippen LogP contribution in [-0.4, -0.2) is 18.6 Å². The highest BCUT2D eigenvalue weighted by molar-refractivity contribution is 4.89. The first kappa shape index (κ1) is 7.03. The Morgan fingerprint density at radius 1 is 1.67 bits per heavy atom. The fourth-order valence-corrected chi connectivity index (χ4v) is 1.43. The first-order chi connectivity index (χ1) is 4.25. The van der Waals surface area contributed by atoms with Crippen LogP contribution in [0.1, 0.15) is 20.3 Å². The quantitative estimate of drug-likeness (QED) is 0.534. The van der Waals surface area contributed by atoms with Gasteiger partial charge in [-0.2, -0.15) is 0 Å². The maximum atomic E-state index is 5.87. The molecule has 2 heteroatoms. The van der Waals surface area contributed by atoms with Gasteiger partial charge in [0.1, 0.15) is 0 Å². The lowest BCUT2D eigenvalue weighted by Gasteiger charge is -2.13. The topological polar surface area (TPSA) is 38.0 Å². The third-order valence-corrected chi connectivity index (χ3v) is 2.35. The van der Waals surface area contributed by atoms with Crippen molar-refractivity contribution < 1.29 is 0 Å². The summed E-state index contributed by atoms with van der Waals surface area (Å²) in [4.78, 5) is 0. The van der Waals surface area contributed by atoms with Gasteiger partial charge in [0.15, 0.2) is 0 Å². The summed E-state index contributed by atoms with van der Waals surface area (Å²) >= 11 is 0. The van der Waals surface area contributed by atoms with Crippen LogP contribution in [0.25, 0.3) is 0 Å². The highest BCUT2D eigenvalue weighted by atomic mass is 15.0. The van der Waals surface area contributed by atoms with Crippen LogP contribution in [-0.2, 0) is 0 Å². The molecule has 9 heavy (non-hydrogen) atoms. The summed E-state index contributed by atoms with van der Waals surface area (Å²) in [6, 6.07) is 0.907. The molecule has 0 aromatic rings. The van der Waals surface area contributed by atoms with Gasteiger partial charge in [-0.3, -0.25) is 0 Å². The average Bonchev–Trinajstić information content (AvgIpc) is 2.15. The summed E-state index contributed by atoms with van der Waals surface area (Å²) in [6.07, 6.45) is 1.21. The summed E-state index contributed by atoms with van der Waals surface area (Å²) in [5, 5.41) is 3.35. The van der Waals surface area contributed by atoms with E-state index in [4.69, 9.17) is 5.73 Å². The molecule has 0 bridgehead atoms. The Balaban J connectivity index is 2.41. The number of rotatable bonds is 1. The van der Waals surface area contributed by atoms with E-state index in [0.717, 1.165) is 6.54 Å². The van der Waals surface area contributed by atoms with Crippen molar-refractivity contribution in [1.29, 1.82) is 0 Å². The molecule has 1 saturated heterocycles. The van der Waals surface area contributed by atoms with Gasteiger partial charge in [0.05, 0.1) is 0 Å². The number of nitrogens with two attached hydrogens (primary N) is 1. The normalized spacial score (nSPS) is 43.7. The molecule has 0 aromatic carbocycles. The van der Waals surface area contributed by atoms with Gasteiger partial charge < -0.3 is 11.1 Å². The van der Waals surface area contributed by atoms with Gasteiger partial charge in [-0.15, -0.1) is 0 Å². The van der Waals surface area contributed by atoms with E-state index in [1.54, 1.807) is 0 Å². The Hall–Kier alpha value is -0.0800. The highest BCUT2D eigenvalue weighted by Gasteiger charge is 2.27. The van der Waals surface area contributed by atoms with Gasteiger partial charge in [-0.25, -0.2) is 0 Å². The third-order valence-electron chi connectivity index (χ3n) is 2.35. The Kier molecular flexibility index (Phi) is 2.09. The van der Waals surface area contributed by atoms with Crippen molar-refractivity contribution in [3.63, 3.8) is 0 Å². The molecule has 2 unspecified atom stereocenters. The van der Waals surface area contributed by atoms with Crippen LogP contribution < -0.4 is 11.1 Å². The maximum absolute atomic E-state index is 5.87. The largest absolute Gasteiger partial charge is 0.326 e. The predicted octanol–water partition coefficient (Wildman–Crippen LogP) is 0.332. The van der Waals surface area contributed by atoms with Crippen molar-refractivity contribution in [2.45, 2.75) is 32.4 Å². The second kappa shape index (κ2) is 2.67. The summed E-state index contributed by atoms with van der Waals surface area (Å²) in [5.41, 5.74) is 5.87. The van der Waals surface area contributed by atoms with E-state index in [1.807, 2.05) is 0 Å². The smallest absolute Gasteiger partial charge is 0.0232 e. The predicted molar refractivity (Wildman–Crippen MR) is 39.2 cm³/mol. The fourth-order valence-electron chi connectivity index (χ4n) is 1.43. The van der Waals surface area contributed by atoms with Crippen molar-refractivity contribution in [2.75, 3.05) is 6.54 Å². The summed E-state index contributed by atoms with van der Waals surface area (Å²) in [6.45, 7) is 5.46. The van der Waals surface area contributed by atoms with Crippen LogP contribution in [0.15, 0.2) is 0 Å². The van der Waals surface area contributed by atoms with Crippen LogP contribution in [0.3, 0.4) is 0 Å². The molecule has 0 aliphatic carbocycles. The summed E-state index contributed by atoms with van der Waals surface area (Å²) < 4.78 is 0. The highest BCUT2D eigenvalue weighted by Crippen LogP contribution is 2.14. The Bertz CT molecular complexity index is 92.9. The molecular formula is C7H16N2. The molecule has 1 rings (SSSR count). The van der Waals surface area contributed by atoms with Gasteiger partial charge in [-0.05, 0) is 19.4 Å². The Morgan fingerprint density at radius 3 is 2.56 bits per heavy atom. The van der Waals surface area contributed by atoms with Crippen molar-refractivity contribution in [3.05, 3.63) is 0 Å². The van der Waals surface area contributed by atoms with Crippen molar-refractivity contribution in [1.82, 2.24) is 5.32 Å². The van der Waals surface area contributed by atoms with Gasteiger partial charge >= 0.3 is 0 Å². The van der Waals surface area contributed by atoms with Crippen molar-refractivity contribution in [3.8, 4) is 0 Å². The zero-order chi connectivity index (χ0) is 6.85. The van der Waals surface area contributed by atoms with Gasteiger partial charge in [-0.1, -0.05) is 13.3 Å². The van der Waals surface area contributed by atoms with Crippen LogP contribution in [0.5, 0.6) is 0 Å². The molecule has 0 radical (unpaired) electrons. The van der Waals surface area contributed by atoms with E-state index in [2.05, 4.69) is 19.2 Å². The molecular weight excluding hydrogens is 112 g/mol. The molecule has 0 saturated carbocycles. The first-order valence-electron chi connectivity index (χ1n) is 3.74. The first-order valence-corrected chi connectivity index (χ1v) is 3.74. The minimum Gasteiger partial charge on any atom is -0.326 e. The summed E-state index contributed by atoms with van der Waals surface area (Å²) in [5.74, 6) is 0.708.